The van der Waals surface area contributed by atoms with Gasteiger partial charge in [-0.15, -0.1) is 0 Å². The van der Waals surface area contributed by atoms with Gasteiger partial charge in [0.05, 0.1) is 10.1 Å². The first-order valence-corrected chi connectivity index (χ1v) is 17.9. The molecule has 2 aromatic rings. The Morgan fingerprint density at radius 3 is 2.02 bits per heavy atom. The van der Waals surface area contributed by atoms with E-state index in [1.54, 1.807) is 0 Å². The predicted molar refractivity (Wildman–Crippen MR) is 163 cm³/mol. The summed E-state index contributed by atoms with van der Waals surface area (Å²) in [5.41, 5.74) is 9.31. The standard InChI is InChI=1S/C27H29N5O12S3/c1-45-11-8-25(28)23(36)43-32-27(25,26(29,9-12-46-2)24(37)44-32)16-3-5-17(6-4-16)47(39,40)31-10-7-15(14-31)20-21(22(35)30-38)42-19(34)13-18(33)41-20/h3-7,10,14,38H,8-9,11-13,28-29H2,1-2H3,(H,30,35). The van der Waals surface area contributed by atoms with Gasteiger partial charge in [0.1, 0.15) is 17.5 Å². The number of ether oxygens (including phenoxy) is 2. The topological polar surface area (TPSA) is 249 Å². The van der Waals surface area contributed by atoms with E-state index < -0.39 is 74.4 Å². The fourth-order valence-electron chi connectivity index (χ4n) is 5.75. The SMILES string of the molecule is CSCCC1(N)C(=O)ON2OC(=O)C(N)(CCSC)C21c1ccc(S(=O)(=O)n2ccc(C3=C(C(=O)NO)OC(=O)CC(=O)O3)c2)cc1. The van der Waals surface area contributed by atoms with Crippen molar-refractivity contribution < 1.29 is 56.7 Å². The van der Waals surface area contributed by atoms with Crippen LogP contribution in [-0.2, 0) is 58.7 Å². The van der Waals surface area contributed by atoms with Gasteiger partial charge in [0.25, 0.3) is 10.0 Å². The molecule has 0 spiro atoms. The van der Waals surface area contributed by atoms with E-state index in [4.69, 9.17) is 35.8 Å². The zero-order valence-corrected chi connectivity index (χ0v) is 27.2. The van der Waals surface area contributed by atoms with Gasteiger partial charge in [0, 0.05) is 18.0 Å². The van der Waals surface area contributed by atoms with Crippen LogP contribution in [0.2, 0.25) is 0 Å². The fraction of sp³-hybridized carbons (Fsp3) is 0.370. The largest absolute Gasteiger partial charge is 0.421 e. The van der Waals surface area contributed by atoms with Gasteiger partial charge >= 0.3 is 29.8 Å². The van der Waals surface area contributed by atoms with Gasteiger partial charge in [-0.25, -0.2) is 27.5 Å². The van der Waals surface area contributed by atoms with Crippen LogP contribution in [0.5, 0.6) is 0 Å². The van der Waals surface area contributed by atoms with Gasteiger partial charge in [0.2, 0.25) is 5.76 Å². The molecule has 47 heavy (non-hydrogen) atoms. The highest BCUT2D eigenvalue weighted by Crippen LogP contribution is 2.57. The minimum Gasteiger partial charge on any atom is -0.421 e. The summed E-state index contributed by atoms with van der Waals surface area (Å²) in [5.74, 6) is -5.99. The van der Waals surface area contributed by atoms with E-state index in [0.29, 0.717) is 11.5 Å². The Bertz CT molecular complexity index is 1760. The number of nitrogens with one attached hydrogen (secondary N) is 1. The monoisotopic (exact) mass is 711 g/mol. The molecule has 2 saturated heterocycles. The Hall–Kier alpha value is -3.92. The maximum absolute atomic E-state index is 13.7. The van der Waals surface area contributed by atoms with Crippen molar-refractivity contribution in [2.45, 2.75) is 40.8 Å². The van der Waals surface area contributed by atoms with Crippen LogP contribution in [0.25, 0.3) is 5.76 Å². The molecule has 1 amide bonds. The van der Waals surface area contributed by atoms with E-state index >= 15 is 0 Å². The number of rotatable bonds is 11. The molecule has 5 rings (SSSR count). The molecular formula is C27H29N5O12S3. The summed E-state index contributed by atoms with van der Waals surface area (Å²) >= 11 is 2.81. The van der Waals surface area contributed by atoms with E-state index in [9.17, 15) is 32.4 Å². The van der Waals surface area contributed by atoms with Crippen LogP contribution in [0.4, 0.5) is 0 Å². The number of benzene rings is 1. The minimum atomic E-state index is -4.39. The van der Waals surface area contributed by atoms with Gasteiger partial charge in [-0.2, -0.15) is 23.5 Å². The van der Waals surface area contributed by atoms with Crippen LogP contribution in [0.3, 0.4) is 0 Å². The fourth-order valence-corrected chi connectivity index (χ4v) is 8.00. The van der Waals surface area contributed by atoms with E-state index in [1.165, 1.54) is 59.3 Å². The molecule has 2 unspecified atom stereocenters. The number of hydrogen-bond acceptors (Lipinski definition) is 17. The van der Waals surface area contributed by atoms with Gasteiger partial charge in [0.15, 0.2) is 11.3 Å². The first-order chi connectivity index (χ1) is 22.2. The van der Waals surface area contributed by atoms with Crippen molar-refractivity contribution in [1.82, 2.24) is 14.7 Å². The second-order valence-electron chi connectivity index (χ2n) is 10.6. The molecule has 6 N–H and O–H groups in total. The summed E-state index contributed by atoms with van der Waals surface area (Å²) in [6.45, 7) is 0. The van der Waals surface area contributed by atoms with E-state index in [0.717, 1.165) is 21.6 Å². The van der Waals surface area contributed by atoms with Gasteiger partial charge in [-0.1, -0.05) is 12.1 Å². The molecule has 4 heterocycles. The number of nitrogens with two attached hydrogens (primary N) is 2. The molecule has 20 heteroatoms. The Kier molecular flexibility index (Phi) is 9.22. The summed E-state index contributed by atoms with van der Waals surface area (Å²) in [6, 6.07) is 6.30. The Morgan fingerprint density at radius 2 is 1.49 bits per heavy atom. The molecule has 3 aliphatic rings. The second kappa shape index (κ2) is 12.6. The number of thioether (sulfide) groups is 2. The smallest absolute Gasteiger partial charge is 0.351 e. The average molecular weight is 712 g/mol. The molecule has 0 saturated carbocycles. The van der Waals surface area contributed by atoms with E-state index in [1.807, 2.05) is 12.5 Å². The Labute approximate surface area is 275 Å². The molecule has 1 aromatic carbocycles. The quantitative estimate of drug-likeness (QED) is 0.101. The maximum atomic E-state index is 13.7. The molecule has 3 aliphatic heterocycles. The lowest BCUT2D eigenvalue weighted by Gasteiger charge is -2.45. The van der Waals surface area contributed by atoms with E-state index in [2.05, 4.69) is 0 Å². The summed E-state index contributed by atoms with van der Waals surface area (Å²) in [6.07, 6.45) is 4.92. The second-order valence-corrected chi connectivity index (χ2v) is 14.5. The molecule has 2 fully saturated rings. The number of cyclic esters (lactones) is 2. The Balaban J connectivity index is 1.58. The van der Waals surface area contributed by atoms with E-state index in [-0.39, 0.29) is 28.9 Å². The highest BCUT2D eigenvalue weighted by molar-refractivity contribution is 7.98. The predicted octanol–water partition coefficient (Wildman–Crippen LogP) is -0.269. The lowest BCUT2D eigenvalue weighted by Crippen LogP contribution is -2.74. The summed E-state index contributed by atoms with van der Waals surface area (Å²) in [4.78, 5) is 73.2. The highest BCUT2D eigenvalue weighted by Gasteiger charge is 2.81. The molecule has 0 aliphatic carbocycles. The number of carbonyl (C=O) groups excluding carboxylic acids is 5. The van der Waals surface area contributed by atoms with Crippen molar-refractivity contribution in [1.29, 1.82) is 0 Å². The van der Waals surface area contributed by atoms with Crippen molar-refractivity contribution in [2.24, 2.45) is 11.5 Å². The molecule has 1 aromatic heterocycles. The minimum absolute atomic E-state index is 0.0383. The number of hydroxylamine groups is 3. The van der Waals surface area contributed by atoms with Crippen LogP contribution >= 0.6 is 23.5 Å². The average Bonchev–Trinajstić information content (AvgIpc) is 3.64. The first kappa shape index (κ1) is 34.4. The number of aromatic nitrogens is 1. The number of nitrogens with zero attached hydrogens (tertiary/aromatic N) is 2. The summed E-state index contributed by atoms with van der Waals surface area (Å²) in [7, 11) is -4.39. The van der Waals surface area contributed by atoms with Crippen LogP contribution < -0.4 is 16.9 Å². The molecule has 0 radical (unpaired) electrons. The van der Waals surface area contributed by atoms with Crippen LogP contribution in [0.1, 0.15) is 30.4 Å². The number of hydrogen-bond donors (Lipinski definition) is 4. The van der Waals surface area contributed by atoms with Crippen molar-refractivity contribution in [3.8, 4) is 0 Å². The lowest BCUT2D eigenvalue weighted by atomic mass is 9.61. The Morgan fingerprint density at radius 1 is 0.936 bits per heavy atom. The van der Waals surface area contributed by atoms with Gasteiger partial charge < -0.3 is 30.6 Å². The van der Waals surface area contributed by atoms with Crippen molar-refractivity contribution >= 4 is 69.1 Å². The first-order valence-electron chi connectivity index (χ1n) is 13.7. The lowest BCUT2D eigenvalue weighted by molar-refractivity contribution is -0.325. The maximum Gasteiger partial charge on any atom is 0.351 e. The third-order valence-electron chi connectivity index (χ3n) is 8.04. The molecule has 17 nitrogen and oxygen atoms in total. The highest BCUT2D eigenvalue weighted by atomic mass is 32.2. The van der Waals surface area contributed by atoms with Gasteiger partial charge in [-0.05, 0) is 60.6 Å². The van der Waals surface area contributed by atoms with Crippen molar-refractivity contribution in [3.05, 3.63) is 59.6 Å². The van der Waals surface area contributed by atoms with Gasteiger partial charge in [-0.3, -0.25) is 19.6 Å². The van der Waals surface area contributed by atoms with Crippen LogP contribution in [-0.4, -0.2) is 87.7 Å². The van der Waals surface area contributed by atoms with Crippen LogP contribution in [0.15, 0.2) is 53.4 Å². The van der Waals surface area contributed by atoms with Crippen molar-refractivity contribution in [3.63, 3.8) is 0 Å². The number of carbonyl (C=O) groups is 5. The normalized spacial score (nSPS) is 26.3. The molecule has 0 bridgehead atoms. The zero-order chi connectivity index (χ0) is 34.4. The third kappa shape index (κ3) is 5.29. The third-order valence-corrected chi connectivity index (χ3v) is 10.9. The van der Waals surface area contributed by atoms with Crippen molar-refractivity contribution in [2.75, 3.05) is 24.0 Å². The number of fused-ring (bicyclic) bond motifs is 1. The van der Waals surface area contributed by atoms with Crippen LogP contribution in [0, 0.1) is 0 Å². The molecule has 252 valence electrons. The zero-order valence-electron chi connectivity index (χ0n) is 24.8. The molecular weight excluding hydrogens is 683 g/mol. The number of amides is 1. The molecule has 2 atom stereocenters. The number of esters is 2. The summed E-state index contributed by atoms with van der Waals surface area (Å²) < 4.78 is 38.0. The summed E-state index contributed by atoms with van der Waals surface area (Å²) in [5, 5.41) is 9.81.